The molecule has 2 aromatic carbocycles. The number of carbonyl (C=O) groups excluding carboxylic acids is 2. The molecular weight excluding hydrogens is 401 g/mol. The van der Waals surface area contributed by atoms with Crippen LogP contribution in [0.1, 0.15) is 15.9 Å². The minimum atomic E-state index is -0.592. The molecule has 3 rings (SSSR count). The van der Waals surface area contributed by atoms with Gasteiger partial charge in [-0.25, -0.2) is 9.18 Å². The molecule has 1 amide bonds. The maximum atomic E-state index is 13.2. The van der Waals surface area contributed by atoms with E-state index in [0.717, 1.165) is 0 Å². The van der Waals surface area contributed by atoms with E-state index in [1.807, 2.05) is 6.07 Å². The summed E-state index contributed by atoms with van der Waals surface area (Å²) in [6, 6.07) is 12.8. The number of amides is 1. The van der Waals surface area contributed by atoms with Crippen LogP contribution in [0.4, 0.5) is 9.39 Å². The van der Waals surface area contributed by atoms with Crippen molar-refractivity contribution >= 4 is 45.9 Å². The minimum absolute atomic E-state index is 0.221. The van der Waals surface area contributed by atoms with Gasteiger partial charge < -0.3 is 10.1 Å². The predicted molar refractivity (Wildman–Crippen MR) is 110 cm³/mol. The van der Waals surface area contributed by atoms with Crippen LogP contribution in [0.3, 0.4) is 0 Å². The van der Waals surface area contributed by atoms with Gasteiger partial charge >= 0.3 is 5.97 Å². The highest BCUT2D eigenvalue weighted by molar-refractivity contribution is 7.15. The molecule has 0 radical (unpaired) electrons. The number of thiophene rings is 1. The number of methoxy groups -OCH3 is 1. The van der Waals surface area contributed by atoms with Gasteiger partial charge in [-0.1, -0.05) is 41.9 Å². The smallest absolute Gasteiger partial charge is 0.341 e. The minimum Gasteiger partial charge on any atom is -0.465 e. The maximum absolute atomic E-state index is 13.2. The van der Waals surface area contributed by atoms with Gasteiger partial charge in [-0.2, -0.15) is 0 Å². The van der Waals surface area contributed by atoms with Crippen LogP contribution in [-0.2, 0) is 9.53 Å². The van der Waals surface area contributed by atoms with Gasteiger partial charge in [0.15, 0.2) is 0 Å². The number of rotatable bonds is 5. The van der Waals surface area contributed by atoms with Gasteiger partial charge in [0.1, 0.15) is 16.4 Å². The van der Waals surface area contributed by atoms with E-state index in [0.29, 0.717) is 26.7 Å². The summed E-state index contributed by atoms with van der Waals surface area (Å²) in [5.74, 6) is -1.39. The van der Waals surface area contributed by atoms with Crippen molar-refractivity contribution in [1.82, 2.24) is 0 Å². The first-order valence-corrected chi connectivity index (χ1v) is 9.44. The second-order valence-electron chi connectivity index (χ2n) is 5.70. The number of hydrogen-bond donors (Lipinski definition) is 1. The lowest BCUT2D eigenvalue weighted by Crippen LogP contribution is -2.11. The van der Waals surface area contributed by atoms with E-state index in [2.05, 4.69) is 5.32 Å². The highest BCUT2D eigenvalue weighted by atomic mass is 35.5. The summed E-state index contributed by atoms with van der Waals surface area (Å²) in [5, 5.41) is 5.28. The summed E-state index contributed by atoms with van der Waals surface area (Å²) < 4.78 is 18.0. The zero-order valence-corrected chi connectivity index (χ0v) is 16.3. The summed E-state index contributed by atoms with van der Waals surface area (Å²) in [7, 11) is 1.26. The summed E-state index contributed by atoms with van der Waals surface area (Å²) in [6.45, 7) is 0. The third kappa shape index (κ3) is 4.47. The van der Waals surface area contributed by atoms with E-state index in [4.69, 9.17) is 16.3 Å². The van der Waals surface area contributed by atoms with Crippen LogP contribution < -0.4 is 5.32 Å². The number of carbonyl (C=O) groups is 2. The van der Waals surface area contributed by atoms with Crippen molar-refractivity contribution in [2.45, 2.75) is 0 Å². The fourth-order valence-corrected chi connectivity index (χ4v) is 3.68. The number of hydrogen-bond acceptors (Lipinski definition) is 4. The van der Waals surface area contributed by atoms with E-state index in [1.165, 1.54) is 36.7 Å². The van der Waals surface area contributed by atoms with Crippen LogP contribution in [0.15, 0.2) is 60.0 Å². The number of esters is 1. The van der Waals surface area contributed by atoms with Crippen LogP contribution in [-0.4, -0.2) is 19.0 Å². The van der Waals surface area contributed by atoms with Crippen LogP contribution in [0, 0.1) is 5.82 Å². The molecular formula is C21H15ClFNO3S. The summed E-state index contributed by atoms with van der Waals surface area (Å²) in [6.07, 6.45) is 2.92. The Kier molecular flexibility index (Phi) is 6.23. The Hall–Kier alpha value is -2.96. The van der Waals surface area contributed by atoms with Gasteiger partial charge in [-0.3, -0.25) is 4.79 Å². The molecule has 1 heterocycles. The molecule has 0 aliphatic heterocycles. The lowest BCUT2D eigenvalue weighted by molar-refractivity contribution is -0.111. The number of nitrogens with one attached hydrogen (secondary N) is 1. The molecule has 0 fully saturated rings. The number of benzene rings is 2. The molecule has 4 nitrogen and oxygen atoms in total. The largest absolute Gasteiger partial charge is 0.465 e. The first-order chi connectivity index (χ1) is 13.5. The van der Waals surface area contributed by atoms with Crippen LogP contribution in [0.5, 0.6) is 0 Å². The molecule has 0 saturated heterocycles. The van der Waals surface area contributed by atoms with Crippen molar-refractivity contribution in [1.29, 1.82) is 0 Å². The average Bonchev–Trinajstić information content (AvgIpc) is 3.10. The molecule has 0 unspecified atom stereocenters. The van der Waals surface area contributed by atoms with Crippen LogP contribution in [0.2, 0.25) is 5.02 Å². The molecule has 0 bridgehead atoms. The molecule has 0 spiro atoms. The van der Waals surface area contributed by atoms with Gasteiger partial charge in [0.25, 0.3) is 0 Å². The Bertz CT molecular complexity index is 1040. The van der Waals surface area contributed by atoms with Gasteiger partial charge in [-0.15, -0.1) is 11.3 Å². The lowest BCUT2D eigenvalue weighted by Gasteiger charge is -2.06. The summed E-state index contributed by atoms with van der Waals surface area (Å²) >= 11 is 7.25. The fourth-order valence-electron chi connectivity index (χ4n) is 2.53. The Balaban J connectivity index is 1.87. The lowest BCUT2D eigenvalue weighted by atomic mass is 10.0. The number of ether oxygens (including phenoxy) is 1. The molecule has 142 valence electrons. The third-order valence-corrected chi connectivity index (χ3v) is 5.13. The first-order valence-electron chi connectivity index (χ1n) is 8.19. The Morgan fingerprint density at radius 1 is 1.14 bits per heavy atom. The Labute approximate surface area is 170 Å². The second-order valence-corrected chi connectivity index (χ2v) is 6.98. The molecule has 28 heavy (non-hydrogen) atoms. The zero-order valence-electron chi connectivity index (χ0n) is 14.7. The SMILES string of the molecule is COC(=O)c1c(-c2ccc(F)cc2)csc1NC(=O)/C=C/c1ccccc1Cl. The molecule has 0 aliphatic carbocycles. The fraction of sp³-hybridized carbons (Fsp3) is 0.0476. The molecule has 0 atom stereocenters. The van der Waals surface area contributed by atoms with Crippen molar-refractivity contribution in [2.24, 2.45) is 0 Å². The van der Waals surface area contributed by atoms with E-state index < -0.39 is 11.9 Å². The highest BCUT2D eigenvalue weighted by Crippen LogP contribution is 2.36. The van der Waals surface area contributed by atoms with E-state index >= 15 is 0 Å². The van der Waals surface area contributed by atoms with Crippen molar-refractivity contribution in [3.63, 3.8) is 0 Å². The zero-order chi connectivity index (χ0) is 20.1. The van der Waals surface area contributed by atoms with Crippen molar-refractivity contribution in [3.05, 3.63) is 82.0 Å². The summed E-state index contributed by atoms with van der Waals surface area (Å²) in [5.41, 5.74) is 2.12. The van der Waals surface area contributed by atoms with Gasteiger partial charge in [0.2, 0.25) is 5.91 Å². The summed E-state index contributed by atoms with van der Waals surface area (Å²) in [4.78, 5) is 24.6. The van der Waals surface area contributed by atoms with Crippen molar-refractivity contribution < 1.29 is 18.7 Å². The molecule has 3 aromatic rings. The first kappa shape index (κ1) is 19.8. The Morgan fingerprint density at radius 2 is 1.86 bits per heavy atom. The highest BCUT2D eigenvalue weighted by Gasteiger charge is 2.22. The quantitative estimate of drug-likeness (QED) is 0.433. The number of halogens is 2. The van der Waals surface area contributed by atoms with Gasteiger partial charge in [0.05, 0.1) is 7.11 Å². The van der Waals surface area contributed by atoms with E-state index in [9.17, 15) is 14.0 Å². The van der Waals surface area contributed by atoms with Crippen LogP contribution in [0.25, 0.3) is 17.2 Å². The van der Waals surface area contributed by atoms with Gasteiger partial charge in [-0.05, 0) is 35.4 Å². The topological polar surface area (TPSA) is 55.4 Å². The number of anilines is 1. The third-order valence-electron chi connectivity index (χ3n) is 3.89. The normalized spacial score (nSPS) is 10.8. The predicted octanol–water partition coefficient (Wildman–Crippen LogP) is 5.65. The molecule has 1 aromatic heterocycles. The van der Waals surface area contributed by atoms with Crippen molar-refractivity contribution in [2.75, 3.05) is 12.4 Å². The second kappa shape index (κ2) is 8.82. The van der Waals surface area contributed by atoms with Gasteiger partial charge in [0, 0.05) is 22.0 Å². The monoisotopic (exact) mass is 415 g/mol. The molecule has 7 heteroatoms. The van der Waals surface area contributed by atoms with E-state index in [-0.39, 0.29) is 11.4 Å². The average molecular weight is 416 g/mol. The van der Waals surface area contributed by atoms with Crippen LogP contribution >= 0.6 is 22.9 Å². The maximum Gasteiger partial charge on any atom is 0.341 e. The van der Waals surface area contributed by atoms with Crippen molar-refractivity contribution in [3.8, 4) is 11.1 Å². The standard InChI is InChI=1S/C21H15ClFNO3S/c1-27-21(26)19-16(13-6-9-15(23)10-7-13)12-28-20(19)24-18(25)11-8-14-4-2-3-5-17(14)22/h2-12H,1H3,(H,24,25)/b11-8+. The molecule has 1 N–H and O–H groups in total. The Morgan fingerprint density at radius 3 is 2.54 bits per heavy atom. The molecule has 0 saturated carbocycles. The van der Waals surface area contributed by atoms with E-state index in [1.54, 1.807) is 41.8 Å². The molecule has 0 aliphatic rings.